The summed E-state index contributed by atoms with van der Waals surface area (Å²) in [5, 5.41) is 9.28. The molecule has 4 heteroatoms. The number of rotatable bonds is 2. The molecule has 1 aromatic rings. The van der Waals surface area contributed by atoms with Gasteiger partial charge in [-0.05, 0) is 43.0 Å². The summed E-state index contributed by atoms with van der Waals surface area (Å²) >= 11 is 0. The maximum Gasteiger partial charge on any atom is 0.336 e. The van der Waals surface area contributed by atoms with E-state index in [1.165, 1.54) is 6.08 Å². The second kappa shape index (κ2) is 4.64. The fourth-order valence-corrected chi connectivity index (χ4v) is 2.43. The van der Waals surface area contributed by atoms with E-state index in [1.54, 1.807) is 17.9 Å². The highest BCUT2D eigenvalue weighted by atomic mass is 16.4. The number of hydrogen-bond acceptors (Lipinski definition) is 2. The van der Waals surface area contributed by atoms with Gasteiger partial charge in [0.1, 0.15) is 0 Å². The standard InChI is InChI=1S/C14H15NO3/c1-3-12(16)15-8-4-5-10-11(15)7-6-9(2)13(10)14(17)18/h3,6-7H,1,4-5,8H2,2H3,(H,17,18). The quantitative estimate of drug-likeness (QED) is 0.812. The summed E-state index contributed by atoms with van der Waals surface area (Å²) in [6.45, 7) is 5.86. The second-order valence-corrected chi connectivity index (χ2v) is 4.36. The van der Waals surface area contributed by atoms with Crippen molar-refractivity contribution in [3.63, 3.8) is 0 Å². The number of carbonyl (C=O) groups excluding carboxylic acids is 1. The number of carboxylic acid groups (broad SMARTS) is 1. The highest BCUT2D eigenvalue weighted by Crippen LogP contribution is 2.32. The molecular weight excluding hydrogens is 230 g/mol. The zero-order valence-electron chi connectivity index (χ0n) is 10.3. The van der Waals surface area contributed by atoms with Crippen LogP contribution >= 0.6 is 0 Å². The summed E-state index contributed by atoms with van der Waals surface area (Å²) in [7, 11) is 0. The smallest absolute Gasteiger partial charge is 0.336 e. The molecule has 0 spiro atoms. The Morgan fingerprint density at radius 1 is 1.44 bits per heavy atom. The molecule has 0 aromatic heterocycles. The summed E-state index contributed by atoms with van der Waals surface area (Å²) in [6, 6.07) is 3.56. The number of hydrogen-bond donors (Lipinski definition) is 1. The Labute approximate surface area is 106 Å². The molecule has 0 aliphatic carbocycles. The first-order valence-electron chi connectivity index (χ1n) is 5.86. The van der Waals surface area contributed by atoms with Gasteiger partial charge in [-0.2, -0.15) is 0 Å². The van der Waals surface area contributed by atoms with E-state index in [1.807, 2.05) is 6.07 Å². The topological polar surface area (TPSA) is 57.6 Å². The van der Waals surface area contributed by atoms with Gasteiger partial charge < -0.3 is 10.0 Å². The number of amides is 1. The average molecular weight is 245 g/mol. The normalized spacial score (nSPS) is 13.9. The highest BCUT2D eigenvalue weighted by molar-refractivity contribution is 6.03. The Balaban J connectivity index is 2.60. The van der Waals surface area contributed by atoms with E-state index in [4.69, 9.17) is 0 Å². The Morgan fingerprint density at radius 2 is 2.17 bits per heavy atom. The Morgan fingerprint density at radius 3 is 2.78 bits per heavy atom. The van der Waals surface area contributed by atoms with Crippen molar-refractivity contribution in [1.82, 2.24) is 0 Å². The number of aromatic carboxylic acids is 1. The lowest BCUT2D eigenvalue weighted by atomic mass is 9.93. The highest BCUT2D eigenvalue weighted by Gasteiger charge is 2.25. The van der Waals surface area contributed by atoms with Crippen LogP contribution in [0, 0.1) is 6.92 Å². The summed E-state index contributed by atoms with van der Waals surface area (Å²) in [5.41, 5.74) is 2.52. The molecule has 1 aliphatic heterocycles. The number of nitrogens with zero attached hydrogens (tertiary/aromatic N) is 1. The summed E-state index contributed by atoms with van der Waals surface area (Å²) in [4.78, 5) is 24.7. The van der Waals surface area contributed by atoms with Gasteiger partial charge in [0.25, 0.3) is 0 Å². The van der Waals surface area contributed by atoms with Crippen LogP contribution in [0.4, 0.5) is 5.69 Å². The van der Waals surface area contributed by atoms with Crippen molar-refractivity contribution in [3.05, 3.63) is 41.5 Å². The van der Waals surface area contributed by atoms with E-state index >= 15 is 0 Å². The monoisotopic (exact) mass is 245 g/mol. The molecule has 1 aromatic carbocycles. The van der Waals surface area contributed by atoms with Crippen LogP contribution in [0.3, 0.4) is 0 Å². The molecule has 0 atom stereocenters. The first-order chi connectivity index (χ1) is 8.56. The number of aryl methyl sites for hydroxylation is 1. The number of benzene rings is 1. The summed E-state index contributed by atoms with van der Waals surface area (Å²) in [6.07, 6.45) is 2.73. The number of anilines is 1. The van der Waals surface area contributed by atoms with Gasteiger partial charge in [-0.15, -0.1) is 0 Å². The third kappa shape index (κ3) is 1.90. The number of fused-ring (bicyclic) bond motifs is 1. The van der Waals surface area contributed by atoms with E-state index in [0.717, 1.165) is 17.5 Å². The van der Waals surface area contributed by atoms with Gasteiger partial charge in [0, 0.05) is 12.2 Å². The fourth-order valence-electron chi connectivity index (χ4n) is 2.43. The molecule has 18 heavy (non-hydrogen) atoms. The van der Waals surface area contributed by atoms with Crippen molar-refractivity contribution in [1.29, 1.82) is 0 Å². The molecule has 1 aliphatic rings. The fraction of sp³-hybridized carbons (Fsp3) is 0.286. The Bertz CT molecular complexity index is 534. The number of carbonyl (C=O) groups is 2. The van der Waals surface area contributed by atoms with Crippen LogP contribution in [0.25, 0.3) is 0 Å². The minimum absolute atomic E-state index is 0.184. The van der Waals surface area contributed by atoms with Crippen molar-refractivity contribution in [3.8, 4) is 0 Å². The molecule has 4 nitrogen and oxygen atoms in total. The van der Waals surface area contributed by atoms with Crippen molar-refractivity contribution < 1.29 is 14.7 Å². The lowest BCUT2D eigenvalue weighted by Crippen LogP contribution is -2.35. The zero-order chi connectivity index (χ0) is 13.3. The van der Waals surface area contributed by atoms with Gasteiger partial charge in [0.05, 0.1) is 5.56 Å². The van der Waals surface area contributed by atoms with Crippen LogP contribution in [-0.4, -0.2) is 23.5 Å². The second-order valence-electron chi connectivity index (χ2n) is 4.36. The molecule has 1 amide bonds. The maximum absolute atomic E-state index is 11.8. The third-order valence-electron chi connectivity index (χ3n) is 3.25. The van der Waals surface area contributed by atoms with Crippen molar-refractivity contribution in [2.75, 3.05) is 11.4 Å². The molecular formula is C14H15NO3. The lowest BCUT2D eigenvalue weighted by molar-refractivity contribution is -0.114. The van der Waals surface area contributed by atoms with E-state index in [9.17, 15) is 14.7 Å². The largest absolute Gasteiger partial charge is 0.478 e. The van der Waals surface area contributed by atoms with Crippen molar-refractivity contribution >= 4 is 17.6 Å². The predicted molar refractivity (Wildman–Crippen MR) is 69.0 cm³/mol. The molecule has 0 fully saturated rings. The molecule has 0 saturated carbocycles. The Hall–Kier alpha value is -2.10. The van der Waals surface area contributed by atoms with E-state index in [2.05, 4.69) is 6.58 Å². The minimum Gasteiger partial charge on any atom is -0.478 e. The molecule has 1 heterocycles. The number of carboxylic acids is 1. The molecule has 0 bridgehead atoms. The van der Waals surface area contributed by atoms with Gasteiger partial charge in [-0.1, -0.05) is 12.6 Å². The van der Waals surface area contributed by atoms with Crippen LogP contribution in [0.2, 0.25) is 0 Å². The molecule has 0 radical (unpaired) electrons. The Kier molecular flexibility index (Phi) is 3.19. The first kappa shape index (κ1) is 12.4. The molecule has 0 saturated heterocycles. The average Bonchev–Trinajstić information content (AvgIpc) is 2.36. The first-order valence-corrected chi connectivity index (χ1v) is 5.86. The molecule has 94 valence electrons. The summed E-state index contributed by atoms with van der Waals surface area (Å²) in [5.74, 6) is -1.12. The predicted octanol–water partition coefficient (Wildman–Crippen LogP) is 2.16. The van der Waals surface area contributed by atoms with Crippen LogP contribution in [0.5, 0.6) is 0 Å². The SMILES string of the molecule is C=CC(=O)N1CCCc2c1ccc(C)c2C(=O)O. The molecule has 0 unspecified atom stereocenters. The van der Waals surface area contributed by atoms with Crippen LogP contribution in [0.1, 0.15) is 27.9 Å². The van der Waals surface area contributed by atoms with Gasteiger partial charge in [0.15, 0.2) is 0 Å². The van der Waals surface area contributed by atoms with Gasteiger partial charge in [-0.25, -0.2) is 4.79 Å². The van der Waals surface area contributed by atoms with E-state index in [0.29, 0.717) is 24.2 Å². The maximum atomic E-state index is 11.8. The van der Waals surface area contributed by atoms with Crippen molar-refractivity contribution in [2.45, 2.75) is 19.8 Å². The van der Waals surface area contributed by atoms with E-state index < -0.39 is 5.97 Å². The van der Waals surface area contributed by atoms with Crippen LogP contribution in [-0.2, 0) is 11.2 Å². The minimum atomic E-state index is -0.933. The zero-order valence-corrected chi connectivity index (χ0v) is 10.3. The van der Waals surface area contributed by atoms with Gasteiger partial charge in [0.2, 0.25) is 5.91 Å². The van der Waals surface area contributed by atoms with Crippen molar-refractivity contribution in [2.24, 2.45) is 0 Å². The lowest BCUT2D eigenvalue weighted by Gasteiger charge is -2.30. The van der Waals surface area contributed by atoms with Crippen LogP contribution < -0.4 is 4.90 Å². The van der Waals surface area contributed by atoms with Crippen LogP contribution in [0.15, 0.2) is 24.8 Å². The third-order valence-corrected chi connectivity index (χ3v) is 3.25. The molecule has 1 N–H and O–H groups in total. The summed E-state index contributed by atoms with van der Waals surface area (Å²) < 4.78 is 0. The molecule has 2 rings (SSSR count). The van der Waals surface area contributed by atoms with Gasteiger partial charge in [-0.3, -0.25) is 4.79 Å². The van der Waals surface area contributed by atoms with Gasteiger partial charge >= 0.3 is 5.97 Å². The van der Waals surface area contributed by atoms with E-state index in [-0.39, 0.29) is 5.91 Å².